The Morgan fingerprint density at radius 3 is 2.50 bits per heavy atom. The van der Waals surface area contributed by atoms with Crippen LogP contribution in [0.1, 0.15) is 17.2 Å². The number of benzene rings is 2. The van der Waals surface area contributed by atoms with Gasteiger partial charge in [-0.2, -0.15) is 4.80 Å². The molecule has 0 aliphatic carbocycles. The van der Waals surface area contributed by atoms with Gasteiger partial charge in [-0.15, -0.1) is 21.5 Å². The van der Waals surface area contributed by atoms with Crippen molar-refractivity contribution < 1.29 is 4.79 Å². The van der Waals surface area contributed by atoms with Crippen LogP contribution in [0.25, 0.3) is 10.7 Å². The predicted molar refractivity (Wildman–Crippen MR) is 109 cm³/mol. The zero-order chi connectivity index (χ0) is 19.3. The molecule has 0 aliphatic heterocycles. The molecule has 0 fully saturated rings. The van der Waals surface area contributed by atoms with Crippen molar-refractivity contribution in [2.45, 2.75) is 12.6 Å². The molecule has 0 aliphatic rings. The molecule has 1 N–H and O–H groups in total. The van der Waals surface area contributed by atoms with Crippen LogP contribution in [0.5, 0.6) is 0 Å². The Balaban J connectivity index is 1.52. The third-order valence-electron chi connectivity index (χ3n) is 4.12. The number of tetrazole rings is 1. The SMILES string of the molecule is O=C(Cn1nnc(-c2cccs2)n1)N[C@H](c1ccccc1)c1ccc(Cl)cc1. The van der Waals surface area contributed by atoms with E-state index in [9.17, 15) is 4.79 Å². The van der Waals surface area contributed by atoms with Gasteiger partial charge in [0.15, 0.2) is 0 Å². The Morgan fingerprint density at radius 2 is 1.79 bits per heavy atom. The molecule has 4 aromatic rings. The minimum absolute atomic E-state index is 0.0186. The summed E-state index contributed by atoms with van der Waals surface area (Å²) in [5.41, 5.74) is 1.92. The van der Waals surface area contributed by atoms with Gasteiger partial charge < -0.3 is 5.32 Å². The maximum absolute atomic E-state index is 12.7. The molecule has 140 valence electrons. The first-order valence-electron chi connectivity index (χ1n) is 8.60. The molecule has 6 nitrogen and oxygen atoms in total. The molecule has 2 heterocycles. The molecular weight excluding hydrogens is 394 g/mol. The smallest absolute Gasteiger partial charge is 0.244 e. The van der Waals surface area contributed by atoms with E-state index in [4.69, 9.17) is 11.6 Å². The highest BCUT2D eigenvalue weighted by molar-refractivity contribution is 7.13. The Labute approximate surface area is 170 Å². The summed E-state index contributed by atoms with van der Waals surface area (Å²) in [6.07, 6.45) is 0. The summed E-state index contributed by atoms with van der Waals surface area (Å²) in [7, 11) is 0. The highest BCUT2D eigenvalue weighted by Gasteiger charge is 2.18. The molecule has 0 radical (unpaired) electrons. The van der Waals surface area contributed by atoms with E-state index in [2.05, 4.69) is 20.7 Å². The fraction of sp³-hybridized carbons (Fsp3) is 0.100. The van der Waals surface area contributed by atoms with E-state index in [1.807, 2.05) is 72.1 Å². The maximum atomic E-state index is 12.7. The van der Waals surface area contributed by atoms with Gasteiger partial charge in [-0.1, -0.05) is 60.1 Å². The van der Waals surface area contributed by atoms with E-state index in [1.165, 1.54) is 16.1 Å². The monoisotopic (exact) mass is 409 g/mol. The minimum Gasteiger partial charge on any atom is -0.344 e. The molecule has 2 aromatic heterocycles. The zero-order valence-corrected chi connectivity index (χ0v) is 16.3. The van der Waals surface area contributed by atoms with E-state index in [0.717, 1.165) is 16.0 Å². The molecule has 0 bridgehead atoms. The number of nitrogens with one attached hydrogen (secondary N) is 1. The number of rotatable bonds is 6. The number of thiophene rings is 1. The van der Waals surface area contributed by atoms with E-state index >= 15 is 0 Å². The van der Waals surface area contributed by atoms with E-state index in [-0.39, 0.29) is 18.5 Å². The molecule has 0 saturated carbocycles. The van der Waals surface area contributed by atoms with Gasteiger partial charge in [0.1, 0.15) is 6.54 Å². The quantitative estimate of drug-likeness (QED) is 0.523. The lowest BCUT2D eigenvalue weighted by molar-refractivity contribution is -0.122. The molecule has 0 unspecified atom stereocenters. The van der Waals surface area contributed by atoms with Crippen LogP contribution in [0, 0.1) is 0 Å². The number of carbonyl (C=O) groups excluding carboxylic acids is 1. The number of aromatic nitrogens is 4. The number of hydrogen-bond acceptors (Lipinski definition) is 5. The summed E-state index contributed by atoms with van der Waals surface area (Å²) in [5.74, 6) is 0.305. The van der Waals surface area contributed by atoms with Crippen molar-refractivity contribution in [1.82, 2.24) is 25.5 Å². The van der Waals surface area contributed by atoms with Crippen LogP contribution in [-0.4, -0.2) is 26.1 Å². The number of amides is 1. The summed E-state index contributed by atoms with van der Waals surface area (Å²) in [6.45, 7) is -0.0186. The van der Waals surface area contributed by atoms with Crippen LogP contribution >= 0.6 is 22.9 Å². The van der Waals surface area contributed by atoms with Gasteiger partial charge in [0.05, 0.1) is 10.9 Å². The van der Waals surface area contributed by atoms with Gasteiger partial charge in [-0.3, -0.25) is 4.79 Å². The summed E-state index contributed by atoms with van der Waals surface area (Å²) >= 11 is 7.53. The molecular formula is C20H16ClN5OS. The third kappa shape index (κ3) is 4.27. The second-order valence-electron chi connectivity index (χ2n) is 6.08. The fourth-order valence-electron chi connectivity index (χ4n) is 2.81. The van der Waals surface area contributed by atoms with Gasteiger partial charge in [0.2, 0.25) is 11.7 Å². The fourth-order valence-corrected chi connectivity index (χ4v) is 3.58. The van der Waals surface area contributed by atoms with Crippen LogP contribution in [-0.2, 0) is 11.3 Å². The van der Waals surface area contributed by atoms with Crippen LogP contribution in [0.15, 0.2) is 72.1 Å². The first kappa shape index (κ1) is 18.3. The van der Waals surface area contributed by atoms with Crippen LogP contribution in [0.3, 0.4) is 0 Å². The van der Waals surface area contributed by atoms with Gasteiger partial charge in [0, 0.05) is 5.02 Å². The first-order valence-corrected chi connectivity index (χ1v) is 9.86. The maximum Gasteiger partial charge on any atom is 0.244 e. The summed E-state index contributed by atoms with van der Waals surface area (Å²) in [5, 5.41) is 17.9. The molecule has 1 amide bonds. The van der Waals surface area contributed by atoms with E-state index in [0.29, 0.717) is 10.8 Å². The summed E-state index contributed by atoms with van der Waals surface area (Å²) in [4.78, 5) is 14.9. The topological polar surface area (TPSA) is 72.7 Å². The average Bonchev–Trinajstić information content (AvgIpc) is 3.39. The van der Waals surface area contributed by atoms with Crippen molar-refractivity contribution in [3.63, 3.8) is 0 Å². The highest BCUT2D eigenvalue weighted by Crippen LogP contribution is 2.24. The van der Waals surface area contributed by atoms with E-state index in [1.54, 1.807) is 0 Å². The zero-order valence-electron chi connectivity index (χ0n) is 14.7. The summed E-state index contributed by atoms with van der Waals surface area (Å²) in [6, 6.07) is 20.7. The second-order valence-corrected chi connectivity index (χ2v) is 7.47. The second kappa shape index (κ2) is 8.33. The first-order chi connectivity index (χ1) is 13.7. The molecule has 2 aromatic carbocycles. The van der Waals surface area contributed by atoms with Crippen molar-refractivity contribution in [1.29, 1.82) is 0 Å². The van der Waals surface area contributed by atoms with Crippen LogP contribution in [0.4, 0.5) is 0 Å². The van der Waals surface area contributed by atoms with Gasteiger partial charge in [0.25, 0.3) is 0 Å². The Bertz CT molecular complexity index is 1050. The van der Waals surface area contributed by atoms with Crippen molar-refractivity contribution in [3.8, 4) is 10.7 Å². The van der Waals surface area contributed by atoms with Gasteiger partial charge in [-0.05, 0) is 39.9 Å². The Kier molecular flexibility index (Phi) is 5.45. The van der Waals surface area contributed by atoms with Gasteiger partial charge in [-0.25, -0.2) is 0 Å². The number of carbonyl (C=O) groups is 1. The van der Waals surface area contributed by atoms with Crippen molar-refractivity contribution in [2.24, 2.45) is 0 Å². The lowest BCUT2D eigenvalue weighted by Gasteiger charge is -2.19. The van der Waals surface area contributed by atoms with Crippen molar-refractivity contribution >= 4 is 28.8 Å². The van der Waals surface area contributed by atoms with Crippen LogP contribution in [0.2, 0.25) is 5.02 Å². The molecule has 8 heteroatoms. The Hall–Kier alpha value is -3.03. The molecule has 0 saturated heterocycles. The van der Waals surface area contributed by atoms with Crippen molar-refractivity contribution in [2.75, 3.05) is 0 Å². The van der Waals surface area contributed by atoms with Crippen molar-refractivity contribution in [3.05, 3.63) is 88.3 Å². The number of halogens is 1. The lowest BCUT2D eigenvalue weighted by atomic mass is 9.99. The molecule has 1 atom stereocenters. The Morgan fingerprint density at radius 1 is 1.04 bits per heavy atom. The normalized spacial score (nSPS) is 11.9. The predicted octanol–water partition coefficient (Wildman–Crippen LogP) is 3.96. The lowest BCUT2D eigenvalue weighted by Crippen LogP contribution is -2.32. The van der Waals surface area contributed by atoms with Gasteiger partial charge >= 0.3 is 0 Å². The van der Waals surface area contributed by atoms with E-state index < -0.39 is 0 Å². The van der Waals surface area contributed by atoms with Crippen LogP contribution < -0.4 is 5.32 Å². The molecule has 0 spiro atoms. The summed E-state index contributed by atoms with van der Waals surface area (Å²) < 4.78 is 0. The number of hydrogen-bond donors (Lipinski definition) is 1. The third-order valence-corrected chi connectivity index (χ3v) is 5.24. The highest BCUT2D eigenvalue weighted by atomic mass is 35.5. The standard InChI is InChI=1S/C20H16ClN5OS/c21-16-10-8-15(9-11-16)19(14-5-2-1-3-6-14)22-18(27)13-26-24-20(23-25-26)17-7-4-12-28-17/h1-12,19H,13H2,(H,22,27)/t19-/m1/s1. The largest absolute Gasteiger partial charge is 0.344 e. The number of nitrogens with zero attached hydrogens (tertiary/aromatic N) is 4. The molecule has 28 heavy (non-hydrogen) atoms. The molecule has 4 rings (SSSR count). The average molecular weight is 410 g/mol. The minimum atomic E-state index is -0.300.